The molecule has 0 rings (SSSR count). The number of unbranched alkanes of at least 4 members (excludes halogenated alkanes) is 3. The minimum atomic E-state index is -1.49. The van der Waals surface area contributed by atoms with Gasteiger partial charge in [-0.2, -0.15) is 0 Å². The number of aliphatic hydroxyl groups is 1. The first-order valence-corrected chi connectivity index (χ1v) is 9.64. The molecule has 0 radical (unpaired) electrons. The first-order valence-electron chi connectivity index (χ1n) is 9.64. The van der Waals surface area contributed by atoms with Gasteiger partial charge in [0.2, 0.25) is 11.8 Å². The SMILES string of the molecule is N=C(N)NCCCCCC(C(=O)NCCCCNCCCN)C(O)C(N)=O. The van der Waals surface area contributed by atoms with E-state index in [1.54, 1.807) is 0 Å². The van der Waals surface area contributed by atoms with Crippen molar-refractivity contribution in [3.8, 4) is 0 Å². The predicted molar refractivity (Wildman–Crippen MR) is 106 cm³/mol. The molecule has 0 saturated carbocycles. The van der Waals surface area contributed by atoms with Gasteiger partial charge in [0.05, 0.1) is 5.92 Å². The lowest BCUT2D eigenvalue weighted by Gasteiger charge is -2.20. The van der Waals surface area contributed by atoms with E-state index in [1.165, 1.54) is 0 Å². The van der Waals surface area contributed by atoms with Crippen molar-refractivity contribution in [1.29, 1.82) is 5.41 Å². The molecule has 2 amide bonds. The monoisotopic (exact) mass is 387 g/mol. The number of hydrogen-bond acceptors (Lipinski definition) is 6. The zero-order chi connectivity index (χ0) is 20.5. The highest BCUT2D eigenvalue weighted by Crippen LogP contribution is 2.15. The Balaban J connectivity index is 4.09. The molecule has 0 aromatic heterocycles. The van der Waals surface area contributed by atoms with Crippen molar-refractivity contribution < 1.29 is 14.7 Å². The lowest BCUT2D eigenvalue weighted by atomic mass is 9.93. The van der Waals surface area contributed by atoms with E-state index < -0.39 is 17.9 Å². The van der Waals surface area contributed by atoms with Gasteiger partial charge in [-0.15, -0.1) is 0 Å². The fourth-order valence-electron chi connectivity index (χ4n) is 2.59. The van der Waals surface area contributed by atoms with Crippen LogP contribution in [0.2, 0.25) is 0 Å². The molecule has 0 aliphatic rings. The third kappa shape index (κ3) is 13.9. The van der Waals surface area contributed by atoms with E-state index in [9.17, 15) is 14.7 Å². The summed E-state index contributed by atoms with van der Waals surface area (Å²) in [6.45, 7) is 3.47. The highest BCUT2D eigenvalue weighted by atomic mass is 16.3. The number of aliphatic hydroxyl groups excluding tert-OH is 1. The number of amides is 2. The smallest absolute Gasteiger partial charge is 0.247 e. The number of carbonyl (C=O) groups excluding carboxylic acids is 2. The van der Waals surface area contributed by atoms with Gasteiger partial charge in [0.25, 0.3) is 0 Å². The maximum atomic E-state index is 12.3. The summed E-state index contributed by atoms with van der Waals surface area (Å²) in [5.41, 5.74) is 15.8. The molecule has 2 unspecified atom stereocenters. The lowest BCUT2D eigenvalue weighted by Crippen LogP contribution is -2.44. The van der Waals surface area contributed by atoms with Crippen LogP contribution in [0.5, 0.6) is 0 Å². The topological polar surface area (TPSA) is 192 Å². The zero-order valence-corrected chi connectivity index (χ0v) is 16.1. The van der Waals surface area contributed by atoms with Crippen LogP contribution in [0.4, 0.5) is 0 Å². The molecule has 27 heavy (non-hydrogen) atoms. The molecule has 0 aliphatic carbocycles. The Labute approximate surface area is 161 Å². The van der Waals surface area contributed by atoms with Crippen molar-refractivity contribution in [3.05, 3.63) is 0 Å². The van der Waals surface area contributed by atoms with Crippen molar-refractivity contribution in [2.75, 3.05) is 32.7 Å². The van der Waals surface area contributed by atoms with Gasteiger partial charge in [-0.05, 0) is 51.7 Å². The molecule has 0 spiro atoms. The molecule has 11 N–H and O–H groups in total. The molecular formula is C17H37N7O3. The largest absolute Gasteiger partial charge is 0.382 e. The minimum Gasteiger partial charge on any atom is -0.382 e. The molecule has 158 valence electrons. The minimum absolute atomic E-state index is 0.0778. The number of nitrogens with one attached hydrogen (secondary N) is 4. The average Bonchev–Trinajstić information content (AvgIpc) is 2.62. The van der Waals surface area contributed by atoms with Crippen LogP contribution < -0.4 is 33.2 Å². The van der Waals surface area contributed by atoms with Crippen molar-refractivity contribution in [1.82, 2.24) is 16.0 Å². The van der Waals surface area contributed by atoms with E-state index in [-0.39, 0.29) is 11.9 Å². The molecule has 10 nitrogen and oxygen atoms in total. The van der Waals surface area contributed by atoms with Gasteiger partial charge in [0.15, 0.2) is 5.96 Å². The second kappa shape index (κ2) is 16.3. The van der Waals surface area contributed by atoms with Crippen LogP contribution in [-0.2, 0) is 9.59 Å². The number of carbonyl (C=O) groups is 2. The van der Waals surface area contributed by atoms with E-state index in [0.717, 1.165) is 45.2 Å². The van der Waals surface area contributed by atoms with Crippen LogP contribution in [0.25, 0.3) is 0 Å². The molecular weight excluding hydrogens is 350 g/mol. The summed E-state index contributed by atoms with van der Waals surface area (Å²) in [7, 11) is 0. The van der Waals surface area contributed by atoms with Gasteiger partial charge in [0.1, 0.15) is 6.10 Å². The van der Waals surface area contributed by atoms with E-state index >= 15 is 0 Å². The van der Waals surface area contributed by atoms with Crippen LogP contribution >= 0.6 is 0 Å². The predicted octanol–water partition coefficient (Wildman–Crippen LogP) is -1.67. The van der Waals surface area contributed by atoms with Crippen LogP contribution in [0.3, 0.4) is 0 Å². The maximum absolute atomic E-state index is 12.3. The van der Waals surface area contributed by atoms with Gasteiger partial charge in [0, 0.05) is 13.1 Å². The Morgan fingerprint density at radius 1 is 0.889 bits per heavy atom. The van der Waals surface area contributed by atoms with Crippen molar-refractivity contribution in [3.63, 3.8) is 0 Å². The fraction of sp³-hybridized carbons (Fsp3) is 0.824. The lowest BCUT2D eigenvalue weighted by molar-refractivity contribution is -0.138. The van der Waals surface area contributed by atoms with Gasteiger partial charge >= 0.3 is 0 Å². The van der Waals surface area contributed by atoms with E-state index in [2.05, 4.69) is 16.0 Å². The Bertz CT molecular complexity index is 435. The summed E-state index contributed by atoms with van der Waals surface area (Å²) in [6.07, 6.45) is 3.76. The number of rotatable bonds is 17. The second-order valence-electron chi connectivity index (χ2n) is 6.53. The van der Waals surface area contributed by atoms with Gasteiger partial charge < -0.3 is 38.3 Å². The molecule has 0 fully saturated rings. The molecule has 0 saturated heterocycles. The van der Waals surface area contributed by atoms with E-state index in [1.807, 2.05) is 0 Å². The highest BCUT2D eigenvalue weighted by molar-refractivity contribution is 5.88. The Hall–Kier alpha value is -1.91. The first-order chi connectivity index (χ1) is 12.9. The number of nitrogens with two attached hydrogens (primary N) is 3. The zero-order valence-electron chi connectivity index (χ0n) is 16.1. The summed E-state index contributed by atoms with van der Waals surface area (Å²) in [5, 5.41) is 25.7. The molecule has 0 aromatic rings. The summed E-state index contributed by atoms with van der Waals surface area (Å²) in [6, 6.07) is 0. The quantitative estimate of drug-likeness (QED) is 0.0830. The molecule has 10 heteroatoms. The van der Waals surface area contributed by atoms with Crippen molar-refractivity contribution >= 4 is 17.8 Å². The maximum Gasteiger partial charge on any atom is 0.247 e. The Morgan fingerprint density at radius 3 is 2.11 bits per heavy atom. The van der Waals surface area contributed by atoms with Crippen LogP contribution in [0, 0.1) is 11.3 Å². The third-order valence-electron chi connectivity index (χ3n) is 4.15. The molecule has 0 aliphatic heterocycles. The third-order valence-corrected chi connectivity index (χ3v) is 4.15. The number of primary amides is 1. The van der Waals surface area contributed by atoms with Crippen LogP contribution in [-0.4, -0.2) is 61.7 Å². The molecule has 0 aromatic carbocycles. The summed E-state index contributed by atoms with van der Waals surface area (Å²) in [4.78, 5) is 23.6. The van der Waals surface area contributed by atoms with E-state index in [0.29, 0.717) is 32.5 Å². The second-order valence-corrected chi connectivity index (χ2v) is 6.53. The summed E-state index contributed by atoms with van der Waals surface area (Å²) < 4.78 is 0. The van der Waals surface area contributed by atoms with E-state index in [4.69, 9.17) is 22.6 Å². The van der Waals surface area contributed by atoms with Crippen molar-refractivity contribution in [2.45, 2.75) is 51.0 Å². The van der Waals surface area contributed by atoms with Crippen LogP contribution in [0.1, 0.15) is 44.9 Å². The molecule has 0 bridgehead atoms. The normalized spacial score (nSPS) is 13.0. The van der Waals surface area contributed by atoms with Gasteiger partial charge in [-0.3, -0.25) is 15.0 Å². The van der Waals surface area contributed by atoms with Gasteiger partial charge in [-0.25, -0.2) is 0 Å². The van der Waals surface area contributed by atoms with Crippen LogP contribution in [0.15, 0.2) is 0 Å². The Morgan fingerprint density at radius 2 is 1.48 bits per heavy atom. The summed E-state index contributed by atoms with van der Waals surface area (Å²) in [5.74, 6) is -2.16. The highest BCUT2D eigenvalue weighted by Gasteiger charge is 2.29. The Kier molecular flexibility index (Phi) is 15.1. The first kappa shape index (κ1) is 25.1. The standard InChI is InChI=1S/C17H37N7O3/c18-8-6-10-22-9-4-5-11-23-16(27)13(14(25)15(19)26)7-2-1-3-12-24-17(20)21/h13-14,22,25H,1-12,18H2,(H2,19,26)(H,23,27)(H4,20,21,24). The summed E-state index contributed by atoms with van der Waals surface area (Å²) >= 11 is 0. The van der Waals surface area contributed by atoms with Crippen molar-refractivity contribution in [2.24, 2.45) is 23.1 Å². The fourth-order valence-corrected chi connectivity index (χ4v) is 2.59. The van der Waals surface area contributed by atoms with Gasteiger partial charge in [-0.1, -0.05) is 12.8 Å². The number of hydrogen-bond donors (Lipinski definition) is 8. The number of guanidine groups is 1. The molecule has 0 heterocycles. The molecule has 2 atom stereocenters. The average molecular weight is 388 g/mol.